The van der Waals surface area contributed by atoms with Gasteiger partial charge in [0.15, 0.2) is 0 Å². The third kappa shape index (κ3) is 4.84. The molecular weight excluding hydrogens is 238 g/mol. The van der Waals surface area contributed by atoms with Gasteiger partial charge in [0.25, 0.3) is 0 Å². The highest BCUT2D eigenvalue weighted by Crippen LogP contribution is 2.08. The highest BCUT2D eigenvalue weighted by atomic mass is 15.2. The minimum Gasteiger partial charge on any atom is -0.341 e. The molecule has 104 valence electrons. The molecule has 0 saturated carbocycles. The van der Waals surface area contributed by atoms with Crippen LogP contribution in [0.3, 0.4) is 0 Å². The Hall–Kier alpha value is -1.67. The predicted octanol–water partition coefficient (Wildman–Crippen LogP) is 1.91. The van der Waals surface area contributed by atoms with Crippen LogP contribution in [0.1, 0.15) is 32.9 Å². The van der Waals surface area contributed by atoms with Crippen LogP contribution in [0.5, 0.6) is 0 Å². The van der Waals surface area contributed by atoms with E-state index in [4.69, 9.17) is 5.26 Å². The molecule has 0 aliphatic heterocycles. The van der Waals surface area contributed by atoms with E-state index in [9.17, 15) is 0 Å². The monoisotopic (exact) mass is 261 g/mol. The van der Waals surface area contributed by atoms with Crippen molar-refractivity contribution in [2.75, 3.05) is 37.6 Å². The van der Waals surface area contributed by atoms with E-state index in [0.29, 0.717) is 11.6 Å². The van der Waals surface area contributed by atoms with Gasteiger partial charge in [-0.25, -0.2) is 9.97 Å². The Morgan fingerprint density at radius 2 is 1.89 bits per heavy atom. The van der Waals surface area contributed by atoms with E-state index < -0.39 is 0 Å². The molecule has 0 radical (unpaired) electrons. The Balaban J connectivity index is 2.55. The summed E-state index contributed by atoms with van der Waals surface area (Å²) in [6.45, 7) is 11.5. The van der Waals surface area contributed by atoms with Crippen LogP contribution in [0, 0.1) is 11.3 Å². The third-order valence-corrected chi connectivity index (χ3v) is 3.22. The van der Waals surface area contributed by atoms with Crippen molar-refractivity contribution in [3.05, 3.63) is 18.0 Å². The first kappa shape index (κ1) is 15.4. The Morgan fingerprint density at radius 1 is 1.16 bits per heavy atom. The van der Waals surface area contributed by atoms with Gasteiger partial charge in [0.05, 0.1) is 0 Å². The lowest BCUT2D eigenvalue weighted by Gasteiger charge is -2.23. The van der Waals surface area contributed by atoms with Crippen molar-refractivity contribution >= 4 is 5.95 Å². The summed E-state index contributed by atoms with van der Waals surface area (Å²) in [6, 6.07) is 3.69. The maximum absolute atomic E-state index is 8.86. The lowest BCUT2D eigenvalue weighted by Crippen LogP contribution is -2.31. The minimum atomic E-state index is 0.423. The van der Waals surface area contributed by atoms with Crippen molar-refractivity contribution in [3.8, 4) is 6.07 Å². The van der Waals surface area contributed by atoms with E-state index in [1.54, 1.807) is 12.3 Å². The molecule has 1 aromatic rings. The van der Waals surface area contributed by atoms with Gasteiger partial charge < -0.3 is 9.80 Å². The van der Waals surface area contributed by atoms with Crippen LogP contribution in [0.4, 0.5) is 5.95 Å². The van der Waals surface area contributed by atoms with Crippen molar-refractivity contribution in [2.24, 2.45) is 0 Å². The molecule has 0 atom stereocenters. The van der Waals surface area contributed by atoms with Gasteiger partial charge in [-0.15, -0.1) is 0 Å². The fraction of sp³-hybridized carbons (Fsp3) is 0.643. The SMILES string of the molecule is CCN(CC)CCCN(CC)c1nccc(C#N)n1. The second-order valence-electron chi connectivity index (χ2n) is 4.31. The highest BCUT2D eigenvalue weighted by Gasteiger charge is 2.08. The fourth-order valence-corrected chi connectivity index (χ4v) is 1.99. The maximum atomic E-state index is 8.86. The molecular formula is C14H23N5. The molecule has 0 saturated heterocycles. The zero-order valence-corrected chi connectivity index (χ0v) is 12.1. The molecule has 1 aromatic heterocycles. The Kier molecular flexibility index (Phi) is 6.83. The number of nitrogens with zero attached hydrogens (tertiary/aromatic N) is 5. The second kappa shape index (κ2) is 8.44. The van der Waals surface area contributed by atoms with Crippen LogP contribution in [0.25, 0.3) is 0 Å². The van der Waals surface area contributed by atoms with Crippen molar-refractivity contribution in [2.45, 2.75) is 27.2 Å². The zero-order valence-electron chi connectivity index (χ0n) is 12.1. The van der Waals surface area contributed by atoms with Gasteiger partial charge in [0, 0.05) is 19.3 Å². The van der Waals surface area contributed by atoms with Gasteiger partial charge in [-0.05, 0) is 39.0 Å². The van der Waals surface area contributed by atoms with E-state index in [0.717, 1.165) is 39.1 Å². The summed E-state index contributed by atoms with van der Waals surface area (Å²) in [5.41, 5.74) is 0.423. The molecule has 5 heteroatoms. The topological polar surface area (TPSA) is 56.0 Å². The molecule has 0 amide bonds. The molecule has 0 unspecified atom stereocenters. The van der Waals surface area contributed by atoms with Crippen molar-refractivity contribution < 1.29 is 0 Å². The van der Waals surface area contributed by atoms with E-state index in [1.807, 2.05) is 0 Å². The first-order valence-corrected chi connectivity index (χ1v) is 6.95. The average Bonchev–Trinajstić information content (AvgIpc) is 2.47. The molecule has 0 N–H and O–H groups in total. The first-order chi connectivity index (χ1) is 9.24. The summed E-state index contributed by atoms with van der Waals surface area (Å²) < 4.78 is 0. The lowest BCUT2D eigenvalue weighted by atomic mass is 10.3. The standard InChI is InChI=1S/C14H23N5/c1-4-18(5-2)10-7-11-19(6-3)14-16-9-8-13(12-15)17-14/h8-9H,4-7,10-11H2,1-3H3. The number of hydrogen-bond acceptors (Lipinski definition) is 5. The first-order valence-electron chi connectivity index (χ1n) is 6.95. The molecule has 5 nitrogen and oxygen atoms in total. The van der Waals surface area contributed by atoms with Crippen LogP contribution in [0.2, 0.25) is 0 Å². The Labute approximate surface area is 115 Å². The number of aromatic nitrogens is 2. The molecule has 19 heavy (non-hydrogen) atoms. The molecule has 0 bridgehead atoms. The van der Waals surface area contributed by atoms with E-state index >= 15 is 0 Å². The van der Waals surface area contributed by atoms with Gasteiger partial charge in [0.2, 0.25) is 5.95 Å². The molecule has 1 rings (SSSR count). The molecule has 0 spiro atoms. The number of hydrogen-bond donors (Lipinski definition) is 0. The highest BCUT2D eigenvalue weighted by molar-refractivity contribution is 5.33. The summed E-state index contributed by atoms with van der Waals surface area (Å²) in [5.74, 6) is 0.654. The Bertz CT molecular complexity index is 409. The molecule has 0 fully saturated rings. The quantitative estimate of drug-likeness (QED) is 0.715. The minimum absolute atomic E-state index is 0.423. The Morgan fingerprint density at radius 3 is 2.47 bits per heavy atom. The van der Waals surface area contributed by atoms with E-state index in [2.05, 4.69) is 46.6 Å². The number of nitriles is 1. The molecule has 0 aliphatic carbocycles. The van der Waals surface area contributed by atoms with E-state index in [1.165, 1.54) is 0 Å². The molecule has 0 aliphatic rings. The summed E-state index contributed by atoms with van der Waals surface area (Å²) in [5, 5.41) is 8.86. The van der Waals surface area contributed by atoms with Crippen LogP contribution in [0.15, 0.2) is 12.3 Å². The normalized spacial score (nSPS) is 10.5. The van der Waals surface area contributed by atoms with Gasteiger partial charge in [-0.2, -0.15) is 5.26 Å². The third-order valence-electron chi connectivity index (χ3n) is 3.22. The second-order valence-corrected chi connectivity index (χ2v) is 4.31. The number of anilines is 1. The maximum Gasteiger partial charge on any atom is 0.226 e. The smallest absolute Gasteiger partial charge is 0.226 e. The zero-order chi connectivity index (χ0) is 14.1. The van der Waals surface area contributed by atoms with Gasteiger partial charge in [-0.1, -0.05) is 13.8 Å². The lowest BCUT2D eigenvalue weighted by molar-refractivity contribution is 0.300. The van der Waals surface area contributed by atoms with Crippen LogP contribution in [-0.4, -0.2) is 47.6 Å². The number of rotatable bonds is 8. The van der Waals surface area contributed by atoms with Crippen LogP contribution >= 0.6 is 0 Å². The fourth-order valence-electron chi connectivity index (χ4n) is 1.99. The van der Waals surface area contributed by atoms with Crippen molar-refractivity contribution in [1.82, 2.24) is 14.9 Å². The predicted molar refractivity (Wildman–Crippen MR) is 77.0 cm³/mol. The largest absolute Gasteiger partial charge is 0.341 e. The summed E-state index contributed by atoms with van der Waals surface area (Å²) in [4.78, 5) is 13.0. The van der Waals surface area contributed by atoms with Crippen LogP contribution < -0.4 is 4.90 Å². The van der Waals surface area contributed by atoms with Gasteiger partial charge in [-0.3, -0.25) is 0 Å². The van der Waals surface area contributed by atoms with E-state index in [-0.39, 0.29) is 0 Å². The summed E-state index contributed by atoms with van der Waals surface area (Å²) in [6.07, 6.45) is 2.73. The average molecular weight is 261 g/mol. The van der Waals surface area contributed by atoms with Gasteiger partial charge >= 0.3 is 0 Å². The van der Waals surface area contributed by atoms with Crippen molar-refractivity contribution in [1.29, 1.82) is 5.26 Å². The van der Waals surface area contributed by atoms with Crippen molar-refractivity contribution in [3.63, 3.8) is 0 Å². The molecule has 1 heterocycles. The van der Waals surface area contributed by atoms with Gasteiger partial charge in [0.1, 0.15) is 11.8 Å². The summed E-state index contributed by atoms with van der Waals surface area (Å²) in [7, 11) is 0. The van der Waals surface area contributed by atoms with Crippen LogP contribution in [-0.2, 0) is 0 Å². The summed E-state index contributed by atoms with van der Waals surface area (Å²) >= 11 is 0. The molecule has 0 aromatic carbocycles.